The molecule has 7 heteroatoms. The first kappa shape index (κ1) is 17.8. The van der Waals surface area contributed by atoms with Crippen molar-refractivity contribution >= 4 is 9.04 Å². The summed E-state index contributed by atoms with van der Waals surface area (Å²) in [6, 6.07) is 3.72. The Bertz CT molecular complexity index is 481. The lowest BCUT2D eigenvalue weighted by Crippen LogP contribution is -2.27. The molecule has 1 aromatic carbocycles. The van der Waals surface area contributed by atoms with Crippen LogP contribution in [-0.4, -0.2) is 20.5 Å². The van der Waals surface area contributed by atoms with Crippen LogP contribution in [0.25, 0.3) is 0 Å². The number of hydrogen-bond donors (Lipinski definition) is 1. The second-order valence-electron chi connectivity index (χ2n) is 6.20. The van der Waals surface area contributed by atoms with Gasteiger partial charge in [-0.05, 0) is 30.6 Å². The van der Waals surface area contributed by atoms with Crippen LogP contribution < -0.4 is 4.74 Å². The molecule has 0 bridgehead atoms. The van der Waals surface area contributed by atoms with E-state index < -0.39 is 32.7 Å². The normalized spacial score (nSPS) is 14.3. The van der Waals surface area contributed by atoms with Gasteiger partial charge in [0.25, 0.3) is 0 Å². The fourth-order valence-electron chi connectivity index (χ4n) is 1.97. The van der Waals surface area contributed by atoms with E-state index in [2.05, 4.69) is 4.74 Å². The Hall–Kier alpha value is -1.21. The molecule has 0 aliphatic heterocycles. The van der Waals surface area contributed by atoms with Gasteiger partial charge in [-0.3, -0.25) is 0 Å². The fourth-order valence-corrected chi connectivity index (χ4v) is 3.07. The van der Waals surface area contributed by atoms with Gasteiger partial charge in [0, 0.05) is 11.6 Å². The molecule has 0 heterocycles. The zero-order valence-electron chi connectivity index (χ0n) is 12.8. The van der Waals surface area contributed by atoms with Crippen molar-refractivity contribution in [2.45, 2.75) is 46.3 Å². The number of rotatable bonds is 4. The molecule has 1 N–H and O–H groups in total. The number of phenolic OH excluding ortho intramolecular Hbond substituents is 1. The van der Waals surface area contributed by atoms with Crippen LogP contribution in [0.5, 0.6) is 11.5 Å². The van der Waals surface area contributed by atoms with Crippen molar-refractivity contribution in [3.63, 3.8) is 0 Å². The lowest BCUT2D eigenvalue weighted by atomic mass is 9.84. The molecular formula is C14H21F3O3Si. The number of halogens is 3. The molecule has 3 nitrogen and oxygen atoms in total. The van der Waals surface area contributed by atoms with E-state index in [1.54, 1.807) is 0 Å². The smallest absolute Gasteiger partial charge is 0.508 e. The summed E-state index contributed by atoms with van der Waals surface area (Å²) in [6.45, 7) is 9.56. The first-order chi connectivity index (χ1) is 9.40. The molecule has 0 saturated carbocycles. The van der Waals surface area contributed by atoms with Gasteiger partial charge in [-0.2, -0.15) is 0 Å². The summed E-state index contributed by atoms with van der Waals surface area (Å²) >= 11 is 0. The van der Waals surface area contributed by atoms with Gasteiger partial charge in [0.15, 0.2) is 9.04 Å². The molecule has 0 amide bonds. The second-order valence-corrected chi connectivity index (χ2v) is 8.57. The van der Waals surface area contributed by atoms with E-state index in [-0.39, 0.29) is 5.75 Å². The third kappa shape index (κ3) is 5.59. The van der Waals surface area contributed by atoms with Gasteiger partial charge in [0.2, 0.25) is 0 Å². The van der Waals surface area contributed by atoms with E-state index >= 15 is 0 Å². The molecule has 0 radical (unpaired) electrons. The molecule has 0 spiro atoms. The number of phenols is 1. The molecule has 1 unspecified atom stereocenters. The van der Waals surface area contributed by atoms with Crippen LogP contribution in [-0.2, 0) is 4.43 Å². The Morgan fingerprint density at radius 1 is 1.14 bits per heavy atom. The summed E-state index contributed by atoms with van der Waals surface area (Å²) < 4.78 is 47.6. The van der Waals surface area contributed by atoms with Crippen LogP contribution in [0.1, 0.15) is 32.4 Å². The highest BCUT2D eigenvalue weighted by molar-refractivity contribution is 6.48. The quantitative estimate of drug-likeness (QED) is 0.836. The minimum absolute atomic E-state index is 0.285. The van der Waals surface area contributed by atoms with Gasteiger partial charge in [0.05, 0.1) is 6.10 Å². The highest BCUT2D eigenvalue weighted by Gasteiger charge is 2.36. The average Bonchev–Trinajstić information content (AvgIpc) is 2.22. The number of aromatic hydroxyl groups is 1. The Labute approximate surface area is 124 Å². The van der Waals surface area contributed by atoms with Gasteiger partial charge >= 0.3 is 6.36 Å². The summed E-state index contributed by atoms with van der Waals surface area (Å²) in [4.78, 5) is 0. The first-order valence-electron chi connectivity index (χ1n) is 6.64. The van der Waals surface area contributed by atoms with E-state index in [0.717, 1.165) is 6.07 Å². The molecule has 1 rings (SSSR count). The maximum atomic E-state index is 12.5. The van der Waals surface area contributed by atoms with Crippen LogP contribution in [0.3, 0.4) is 0 Å². The molecule has 0 fully saturated rings. The van der Waals surface area contributed by atoms with E-state index in [4.69, 9.17) is 4.43 Å². The van der Waals surface area contributed by atoms with Gasteiger partial charge < -0.3 is 14.3 Å². The Morgan fingerprint density at radius 3 is 2.14 bits per heavy atom. The molecule has 0 aliphatic rings. The third-order valence-corrected chi connectivity index (χ3v) is 3.52. The van der Waals surface area contributed by atoms with Crippen LogP contribution in [0.15, 0.2) is 18.2 Å². The van der Waals surface area contributed by atoms with E-state index in [9.17, 15) is 18.3 Å². The van der Waals surface area contributed by atoms with Crippen molar-refractivity contribution in [2.24, 2.45) is 5.41 Å². The largest absolute Gasteiger partial charge is 0.573 e. The molecule has 120 valence electrons. The van der Waals surface area contributed by atoms with Crippen LogP contribution in [0, 0.1) is 5.41 Å². The number of benzene rings is 1. The van der Waals surface area contributed by atoms with Crippen molar-refractivity contribution in [1.29, 1.82) is 0 Å². The molecule has 1 atom stereocenters. The van der Waals surface area contributed by atoms with Crippen molar-refractivity contribution in [3.05, 3.63) is 23.8 Å². The molecule has 0 aliphatic carbocycles. The summed E-state index contributed by atoms with van der Waals surface area (Å²) in [5.41, 5.74) is -0.114. The maximum Gasteiger partial charge on any atom is 0.573 e. The first-order valence-corrected chi connectivity index (χ1v) is 9.42. The number of hydrogen-bond acceptors (Lipinski definition) is 3. The van der Waals surface area contributed by atoms with Gasteiger partial charge in [-0.25, -0.2) is 0 Å². The molecule has 0 saturated heterocycles. The average molecular weight is 322 g/mol. The maximum absolute atomic E-state index is 12.5. The van der Waals surface area contributed by atoms with Crippen molar-refractivity contribution in [3.8, 4) is 11.5 Å². The number of alkyl halides is 3. The minimum atomic E-state index is -4.82. The summed E-state index contributed by atoms with van der Waals surface area (Å²) in [5, 5.41) is 9.42. The van der Waals surface area contributed by atoms with Gasteiger partial charge in [-0.1, -0.05) is 20.8 Å². The van der Waals surface area contributed by atoms with E-state index in [1.807, 2.05) is 33.9 Å². The van der Waals surface area contributed by atoms with Crippen molar-refractivity contribution in [1.82, 2.24) is 0 Å². The molecule has 0 aromatic heterocycles. The molecule has 1 aromatic rings. The summed E-state index contributed by atoms with van der Waals surface area (Å²) in [6.07, 6.45) is -5.36. The van der Waals surface area contributed by atoms with Crippen molar-refractivity contribution in [2.75, 3.05) is 0 Å². The van der Waals surface area contributed by atoms with Gasteiger partial charge in [0.1, 0.15) is 11.5 Å². The zero-order chi connectivity index (χ0) is 16.4. The van der Waals surface area contributed by atoms with Crippen molar-refractivity contribution < 1.29 is 27.4 Å². The zero-order valence-corrected chi connectivity index (χ0v) is 13.9. The Kier molecular flexibility index (Phi) is 5.33. The Balaban J connectivity index is 3.30. The highest BCUT2D eigenvalue weighted by atomic mass is 28.3. The lowest BCUT2D eigenvalue weighted by Gasteiger charge is -2.34. The monoisotopic (exact) mass is 322 g/mol. The molecule has 21 heavy (non-hydrogen) atoms. The Morgan fingerprint density at radius 2 is 1.71 bits per heavy atom. The molecular weight excluding hydrogens is 301 g/mol. The minimum Gasteiger partial charge on any atom is -0.508 e. The fraction of sp³-hybridized carbons (Fsp3) is 0.571. The standard InChI is InChI=1S/C14H21F3O3Si/c1-13(2,3)12(20-21(4)5)10-7-6-9(18)8-11(10)19-14(15,16)17/h6-8,12,18,21H,1-5H3. The van der Waals surface area contributed by atoms with E-state index in [0.29, 0.717) is 5.56 Å². The SMILES string of the molecule is C[SiH](C)OC(c1ccc(O)cc1OC(F)(F)F)C(C)(C)C. The van der Waals surface area contributed by atoms with E-state index in [1.165, 1.54) is 12.1 Å². The van der Waals surface area contributed by atoms with Crippen LogP contribution in [0.4, 0.5) is 13.2 Å². The third-order valence-electron chi connectivity index (χ3n) is 2.70. The van der Waals surface area contributed by atoms with Crippen LogP contribution >= 0.6 is 0 Å². The second kappa shape index (κ2) is 6.27. The highest BCUT2D eigenvalue weighted by Crippen LogP contribution is 2.43. The van der Waals surface area contributed by atoms with Gasteiger partial charge in [-0.15, -0.1) is 13.2 Å². The number of ether oxygens (including phenoxy) is 1. The lowest BCUT2D eigenvalue weighted by molar-refractivity contribution is -0.275. The van der Waals surface area contributed by atoms with Crippen LogP contribution in [0.2, 0.25) is 13.1 Å². The summed E-state index contributed by atoms with van der Waals surface area (Å²) in [5.74, 6) is -0.704. The topological polar surface area (TPSA) is 38.7 Å². The summed E-state index contributed by atoms with van der Waals surface area (Å²) in [7, 11) is -1.48. The predicted molar refractivity (Wildman–Crippen MR) is 76.9 cm³/mol. The predicted octanol–water partition coefficient (Wildman–Crippen LogP) is 4.38.